The van der Waals surface area contributed by atoms with Crippen LogP contribution in [0.2, 0.25) is 0 Å². The highest BCUT2D eigenvalue weighted by Gasteiger charge is 2.35. The van der Waals surface area contributed by atoms with Gasteiger partial charge in [-0.15, -0.1) is 0 Å². The number of benzene rings is 1. The van der Waals surface area contributed by atoms with Crippen LogP contribution in [0.15, 0.2) is 30.5 Å². The monoisotopic (exact) mass is 282 g/mol. The summed E-state index contributed by atoms with van der Waals surface area (Å²) in [6.45, 7) is 3.01. The topological polar surface area (TPSA) is 34.1 Å². The minimum absolute atomic E-state index is 0.478. The molecule has 1 aromatic heterocycles. The normalized spacial score (nSPS) is 26.0. The minimum Gasteiger partial charge on any atom is -0.382 e. The van der Waals surface area contributed by atoms with Crippen LogP contribution < -0.4 is 5.32 Å². The Balaban J connectivity index is 1.57. The summed E-state index contributed by atoms with van der Waals surface area (Å²) in [7, 11) is 0. The molecule has 4 rings (SSSR count). The van der Waals surface area contributed by atoms with Crippen molar-refractivity contribution >= 4 is 16.6 Å². The maximum atomic E-state index is 5.92. The predicted octanol–water partition coefficient (Wildman–Crippen LogP) is 3.91. The van der Waals surface area contributed by atoms with Crippen molar-refractivity contribution in [1.82, 2.24) is 4.98 Å². The summed E-state index contributed by atoms with van der Waals surface area (Å²) in [5, 5.41) is 4.97. The second-order valence-corrected chi connectivity index (χ2v) is 6.44. The Labute approximate surface area is 125 Å². The number of nitrogens with zero attached hydrogens (tertiary/aromatic N) is 1. The Hall–Kier alpha value is -1.61. The molecular weight excluding hydrogens is 260 g/mol. The number of nitrogens with one attached hydrogen (secondary N) is 1. The van der Waals surface area contributed by atoms with Gasteiger partial charge in [-0.3, -0.25) is 4.98 Å². The largest absolute Gasteiger partial charge is 0.382 e. The van der Waals surface area contributed by atoms with Gasteiger partial charge in [0.15, 0.2) is 0 Å². The first-order valence-corrected chi connectivity index (χ1v) is 8.04. The SMILES string of the molecule is Cc1cccc2c(NC3CCOC(C4CC4)C3)ccnc12. The van der Waals surface area contributed by atoms with Gasteiger partial charge < -0.3 is 10.1 Å². The zero-order chi connectivity index (χ0) is 14.2. The van der Waals surface area contributed by atoms with Crippen molar-refractivity contribution in [2.24, 2.45) is 5.92 Å². The van der Waals surface area contributed by atoms with Crippen LogP contribution >= 0.6 is 0 Å². The average molecular weight is 282 g/mol. The van der Waals surface area contributed by atoms with Gasteiger partial charge in [-0.2, -0.15) is 0 Å². The second kappa shape index (κ2) is 5.30. The Kier molecular flexibility index (Phi) is 3.30. The van der Waals surface area contributed by atoms with Gasteiger partial charge in [-0.1, -0.05) is 18.2 Å². The standard InChI is InChI=1S/C18H22N2O/c1-12-3-2-4-15-16(7-9-19-18(12)15)20-14-8-10-21-17(11-14)13-5-6-13/h2-4,7,9,13-14,17H,5-6,8,10-11H2,1H3,(H,19,20). The van der Waals surface area contributed by atoms with E-state index in [0.717, 1.165) is 30.9 Å². The van der Waals surface area contributed by atoms with E-state index in [0.29, 0.717) is 12.1 Å². The van der Waals surface area contributed by atoms with Crippen molar-refractivity contribution in [2.45, 2.75) is 44.8 Å². The zero-order valence-corrected chi connectivity index (χ0v) is 12.5. The van der Waals surface area contributed by atoms with Crippen LogP contribution in [0.5, 0.6) is 0 Å². The molecule has 21 heavy (non-hydrogen) atoms. The molecular formula is C18H22N2O. The molecule has 3 nitrogen and oxygen atoms in total. The zero-order valence-electron chi connectivity index (χ0n) is 12.5. The molecule has 1 aliphatic heterocycles. The summed E-state index contributed by atoms with van der Waals surface area (Å²) < 4.78 is 5.92. The Bertz CT molecular complexity index is 651. The van der Waals surface area contributed by atoms with Gasteiger partial charge in [0.2, 0.25) is 0 Å². The lowest BCUT2D eigenvalue weighted by atomic mass is 9.99. The molecule has 0 spiro atoms. The van der Waals surface area contributed by atoms with Gasteiger partial charge in [0.25, 0.3) is 0 Å². The number of ether oxygens (including phenoxy) is 1. The smallest absolute Gasteiger partial charge is 0.0751 e. The van der Waals surface area contributed by atoms with Crippen molar-refractivity contribution in [2.75, 3.05) is 11.9 Å². The van der Waals surface area contributed by atoms with Gasteiger partial charge in [0.05, 0.1) is 11.6 Å². The lowest BCUT2D eigenvalue weighted by molar-refractivity contribution is -0.00217. The number of aryl methyl sites for hydroxylation is 1. The number of aromatic nitrogens is 1. The maximum Gasteiger partial charge on any atom is 0.0751 e. The molecule has 1 aromatic carbocycles. The third-order valence-electron chi connectivity index (χ3n) is 4.80. The summed E-state index contributed by atoms with van der Waals surface area (Å²) in [6, 6.07) is 9.02. The molecule has 1 saturated heterocycles. The van der Waals surface area contributed by atoms with E-state index in [1.54, 1.807) is 0 Å². The molecule has 1 N–H and O–H groups in total. The number of hydrogen-bond acceptors (Lipinski definition) is 3. The van der Waals surface area contributed by atoms with Crippen molar-refractivity contribution in [3.05, 3.63) is 36.0 Å². The highest BCUT2D eigenvalue weighted by molar-refractivity contribution is 5.92. The molecule has 0 bridgehead atoms. The summed E-state index contributed by atoms with van der Waals surface area (Å²) in [6.07, 6.45) is 7.34. The first-order chi connectivity index (χ1) is 10.3. The fourth-order valence-electron chi connectivity index (χ4n) is 3.43. The highest BCUT2D eigenvalue weighted by atomic mass is 16.5. The lowest BCUT2D eigenvalue weighted by Crippen LogP contribution is -2.35. The summed E-state index contributed by atoms with van der Waals surface area (Å²) in [5.41, 5.74) is 3.55. The molecule has 2 fully saturated rings. The molecule has 2 atom stereocenters. The molecule has 1 saturated carbocycles. The molecule has 2 aromatic rings. The minimum atomic E-state index is 0.478. The van der Waals surface area contributed by atoms with Crippen LogP contribution in [0.3, 0.4) is 0 Å². The van der Waals surface area contributed by atoms with E-state index in [1.165, 1.54) is 29.5 Å². The molecule has 2 heterocycles. The lowest BCUT2D eigenvalue weighted by Gasteiger charge is -2.31. The van der Waals surface area contributed by atoms with Crippen LogP contribution in [0, 0.1) is 12.8 Å². The van der Waals surface area contributed by atoms with Gasteiger partial charge in [-0.05, 0) is 50.2 Å². The molecule has 1 aliphatic carbocycles. The van der Waals surface area contributed by atoms with Gasteiger partial charge in [-0.25, -0.2) is 0 Å². The van der Waals surface area contributed by atoms with Crippen LogP contribution in [-0.4, -0.2) is 23.7 Å². The van der Waals surface area contributed by atoms with Gasteiger partial charge in [0.1, 0.15) is 0 Å². The number of hydrogen-bond donors (Lipinski definition) is 1. The quantitative estimate of drug-likeness (QED) is 0.926. The Morgan fingerprint density at radius 3 is 2.95 bits per heavy atom. The fraction of sp³-hybridized carbons (Fsp3) is 0.500. The average Bonchev–Trinajstić information content (AvgIpc) is 3.33. The number of para-hydroxylation sites is 1. The number of pyridine rings is 1. The van der Waals surface area contributed by atoms with Crippen LogP contribution in [-0.2, 0) is 4.74 Å². The van der Waals surface area contributed by atoms with Crippen molar-refractivity contribution in [1.29, 1.82) is 0 Å². The van der Waals surface area contributed by atoms with E-state index in [1.807, 2.05) is 6.20 Å². The van der Waals surface area contributed by atoms with Crippen molar-refractivity contribution in [3.8, 4) is 0 Å². The first kappa shape index (κ1) is 13.1. The van der Waals surface area contributed by atoms with E-state index < -0.39 is 0 Å². The van der Waals surface area contributed by atoms with Gasteiger partial charge >= 0.3 is 0 Å². The van der Waals surface area contributed by atoms with E-state index in [9.17, 15) is 0 Å². The molecule has 2 unspecified atom stereocenters. The van der Waals surface area contributed by atoms with E-state index in [-0.39, 0.29) is 0 Å². The summed E-state index contributed by atoms with van der Waals surface area (Å²) in [4.78, 5) is 4.52. The molecule has 3 heteroatoms. The first-order valence-electron chi connectivity index (χ1n) is 8.04. The summed E-state index contributed by atoms with van der Waals surface area (Å²) in [5.74, 6) is 0.825. The van der Waals surface area contributed by atoms with Crippen molar-refractivity contribution < 1.29 is 4.74 Å². The Morgan fingerprint density at radius 2 is 2.10 bits per heavy atom. The number of rotatable bonds is 3. The van der Waals surface area contributed by atoms with Gasteiger partial charge in [0, 0.05) is 29.9 Å². The fourth-order valence-corrected chi connectivity index (χ4v) is 3.43. The molecule has 0 amide bonds. The second-order valence-electron chi connectivity index (χ2n) is 6.44. The molecule has 110 valence electrons. The van der Waals surface area contributed by atoms with E-state index in [2.05, 4.69) is 41.5 Å². The predicted molar refractivity (Wildman–Crippen MR) is 85.6 cm³/mol. The van der Waals surface area contributed by atoms with Crippen LogP contribution in [0.1, 0.15) is 31.2 Å². The molecule has 0 radical (unpaired) electrons. The molecule has 2 aliphatic rings. The highest BCUT2D eigenvalue weighted by Crippen LogP contribution is 2.38. The van der Waals surface area contributed by atoms with Crippen LogP contribution in [0.25, 0.3) is 10.9 Å². The van der Waals surface area contributed by atoms with E-state index >= 15 is 0 Å². The maximum absolute atomic E-state index is 5.92. The third kappa shape index (κ3) is 2.62. The van der Waals surface area contributed by atoms with E-state index in [4.69, 9.17) is 4.74 Å². The van der Waals surface area contributed by atoms with Crippen molar-refractivity contribution in [3.63, 3.8) is 0 Å². The Morgan fingerprint density at radius 1 is 1.19 bits per heavy atom. The number of anilines is 1. The van der Waals surface area contributed by atoms with Crippen LogP contribution in [0.4, 0.5) is 5.69 Å². The number of fused-ring (bicyclic) bond motifs is 1. The third-order valence-corrected chi connectivity index (χ3v) is 4.80. The summed E-state index contributed by atoms with van der Waals surface area (Å²) >= 11 is 0.